The van der Waals surface area contributed by atoms with E-state index in [9.17, 15) is 9.90 Å². The van der Waals surface area contributed by atoms with Crippen molar-refractivity contribution in [1.82, 2.24) is 0 Å². The van der Waals surface area contributed by atoms with Gasteiger partial charge < -0.3 is 5.11 Å². The Labute approximate surface area is 160 Å². The Morgan fingerprint density at radius 3 is 2.50 bits per heavy atom. The molecular formula is C24H40O2. The van der Waals surface area contributed by atoms with Crippen LogP contribution in [0.3, 0.4) is 0 Å². The molecule has 0 radical (unpaired) electrons. The van der Waals surface area contributed by atoms with Crippen molar-refractivity contribution >= 4 is 5.78 Å². The SMILES string of the molecule is CCCC[C@@]1(O)CC[C@H]2[C@H](CC[C@@H]3[C@@H]2CC[C@]2(C)[C@@H](C(C)=O)CC[C@@H]32)C1. The Hall–Kier alpha value is -0.370. The minimum atomic E-state index is -0.361. The molecule has 0 heterocycles. The van der Waals surface area contributed by atoms with Gasteiger partial charge in [0.1, 0.15) is 5.78 Å². The van der Waals surface area contributed by atoms with Gasteiger partial charge in [0.05, 0.1) is 5.60 Å². The van der Waals surface area contributed by atoms with Crippen LogP contribution in [-0.4, -0.2) is 16.5 Å². The second kappa shape index (κ2) is 6.90. The van der Waals surface area contributed by atoms with Gasteiger partial charge in [0.15, 0.2) is 0 Å². The second-order valence-corrected chi connectivity index (χ2v) is 10.8. The lowest BCUT2D eigenvalue weighted by atomic mass is 9.48. The molecule has 26 heavy (non-hydrogen) atoms. The predicted octanol–water partition coefficient (Wildman–Crippen LogP) is 5.77. The summed E-state index contributed by atoms with van der Waals surface area (Å²) in [5, 5.41) is 11.1. The predicted molar refractivity (Wildman–Crippen MR) is 106 cm³/mol. The lowest BCUT2D eigenvalue weighted by Crippen LogP contribution is -2.51. The van der Waals surface area contributed by atoms with Gasteiger partial charge in [0.2, 0.25) is 0 Å². The Morgan fingerprint density at radius 1 is 1.00 bits per heavy atom. The Balaban J connectivity index is 1.47. The minimum Gasteiger partial charge on any atom is -0.390 e. The molecule has 4 saturated carbocycles. The van der Waals surface area contributed by atoms with Gasteiger partial charge >= 0.3 is 0 Å². The third-order valence-electron chi connectivity index (χ3n) is 9.59. The van der Waals surface area contributed by atoms with Crippen LogP contribution in [0.4, 0.5) is 0 Å². The topological polar surface area (TPSA) is 37.3 Å². The fourth-order valence-electron chi connectivity index (χ4n) is 8.36. The summed E-state index contributed by atoms with van der Waals surface area (Å²) in [6.45, 7) is 6.51. The number of ketones is 1. The van der Waals surface area contributed by atoms with Crippen LogP contribution in [0.2, 0.25) is 0 Å². The molecule has 0 aromatic rings. The molecule has 0 aromatic heterocycles. The molecule has 0 amide bonds. The van der Waals surface area contributed by atoms with Crippen molar-refractivity contribution in [3.8, 4) is 0 Å². The second-order valence-electron chi connectivity index (χ2n) is 10.8. The van der Waals surface area contributed by atoms with E-state index in [2.05, 4.69) is 13.8 Å². The average molecular weight is 361 g/mol. The molecule has 0 saturated heterocycles. The standard InChI is InChI=1S/C24H40O2/c1-4-5-12-24(26)14-11-18-17(15-24)6-7-20-19(18)10-13-23(3)21(16(2)25)8-9-22(20)23/h17-22,26H,4-15H2,1-3H3/t17-,18+,19-,20-,21-,22+,23-,24-/m1/s1. The van der Waals surface area contributed by atoms with Crippen LogP contribution in [-0.2, 0) is 4.79 Å². The first kappa shape index (κ1) is 19.0. The normalized spacial score (nSPS) is 50.6. The van der Waals surface area contributed by atoms with Crippen LogP contribution >= 0.6 is 0 Å². The van der Waals surface area contributed by atoms with Crippen molar-refractivity contribution in [2.24, 2.45) is 40.9 Å². The molecule has 4 fully saturated rings. The average Bonchev–Trinajstić information content (AvgIpc) is 2.97. The van der Waals surface area contributed by atoms with E-state index in [1.165, 1.54) is 51.4 Å². The molecule has 0 unspecified atom stereocenters. The fraction of sp³-hybridized carbons (Fsp3) is 0.958. The zero-order chi connectivity index (χ0) is 18.5. The summed E-state index contributed by atoms with van der Waals surface area (Å²) in [6, 6.07) is 0. The number of hydrogen-bond acceptors (Lipinski definition) is 2. The first-order valence-electron chi connectivity index (χ1n) is 11.6. The van der Waals surface area contributed by atoms with E-state index >= 15 is 0 Å². The number of rotatable bonds is 4. The first-order chi connectivity index (χ1) is 12.4. The monoisotopic (exact) mass is 360 g/mol. The highest BCUT2D eigenvalue weighted by Gasteiger charge is 2.58. The number of fused-ring (bicyclic) bond motifs is 5. The molecule has 0 aliphatic heterocycles. The molecule has 8 atom stereocenters. The summed E-state index contributed by atoms with van der Waals surface area (Å²) in [4.78, 5) is 12.2. The molecule has 0 aromatic carbocycles. The lowest BCUT2D eigenvalue weighted by molar-refractivity contribution is -0.131. The molecule has 4 rings (SSSR count). The van der Waals surface area contributed by atoms with Crippen molar-refractivity contribution in [2.75, 3.05) is 0 Å². The van der Waals surface area contributed by atoms with Gasteiger partial charge in [-0.15, -0.1) is 0 Å². The largest absolute Gasteiger partial charge is 0.390 e. The quantitative estimate of drug-likeness (QED) is 0.691. The molecule has 4 aliphatic carbocycles. The van der Waals surface area contributed by atoms with E-state index in [1.807, 2.05) is 6.92 Å². The molecule has 4 aliphatic rings. The number of aliphatic hydroxyl groups is 1. The van der Waals surface area contributed by atoms with Gasteiger partial charge in [-0.25, -0.2) is 0 Å². The smallest absolute Gasteiger partial charge is 0.133 e. The van der Waals surface area contributed by atoms with Crippen LogP contribution < -0.4 is 0 Å². The van der Waals surface area contributed by atoms with E-state index in [1.54, 1.807) is 0 Å². The molecule has 0 spiro atoms. The number of carbonyl (C=O) groups is 1. The summed E-state index contributed by atoms with van der Waals surface area (Å²) >= 11 is 0. The van der Waals surface area contributed by atoms with Crippen molar-refractivity contribution < 1.29 is 9.90 Å². The van der Waals surface area contributed by atoms with E-state index in [0.29, 0.717) is 11.7 Å². The molecular weight excluding hydrogens is 320 g/mol. The maximum Gasteiger partial charge on any atom is 0.133 e. The summed E-state index contributed by atoms with van der Waals surface area (Å²) in [7, 11) is 0. The summed E-state index contributed by atoms with van der Waals surface area (Å²) in [6.07, 6.45) is 14.5. The highest BCUT2D eigenvalue weighted by atomic mass is 16.3. The lowest BCUT2D eigenvalue weighted by Gasteiger charge is -2.57. The third-order valence-corrected chi connectivity index (χ3v) is 9.59. The Bertz CT molecular complexity index is 542. The Morgan fingerprint density at radius 2 is 1.77 bits per heavy atom. The van der Waals surface area contributed by atoms with Crippen LogP contribution in [0.15, 0.2) is 0 Å². The molecule has 2 nitrogen and oxygen atoms in total. The van der Waals surface area contributed by atoms with Gasteiger partial charge in [-0.05, 0) is 106 Å². The maximum absolute atomic E-state index is 12.2. The van der Waals surface area contributed by atoms with E-state index < -0.39 is 0 Å². The van der Waals surface area contributed by atoms with Gasteiger partial charge in [-0.1, -0.05) is 26.7 Å². The van der Waals surface area contributed by atoms with Gasteiger partial charge in [0.25, 0.3) is 0 Å². The fourth-order valence-corrected chi connectivity index (χ4v) is 8.36. The number of hydrogen-bond donors (Lipinski definition) is 1. The van der Waals surface area contributed by atoms with Crippen LogP contribution in [0, 0.1) is 40.9 Å². The first-order valence-corrected chi connectivity index (χ1v) is 11.6. The van der Waals surface area contributed by atoms with Crippen molar-refractivity contribution in [2.45, 2.75) is 103 Å². The van der Waals surface area contributed by atoms with E-state index in [4.69, 9.17) is 0 Å². The highest BCUT2D eigenvalue weighted by Crippen LogP contribution is 2.64. The summed E-state index contributed by atoms with van der Waals surface area (Å²) in [5.74, 6) is 4.93. The summed E-state index contributed by atoms with van der Waals surface area (Å²) in [5.41, 5.74) is -0.0728. The van der Waals surface area contributed by atoms with Gasteiger partial charge in [-0.2, -0.15) is 0 Å². The van der Waals surface area contributed by atoms with Crippen molar-refractivity contribution in [1.29, 1.82) is 0 Å². The number of carbonyl (C=O) groups excluding carboxylic acids is 1. The van der Waals surface area contributed by atoms with Gasteiger partial charge in [0, 0.05) is 5.92 Å². The van der Waals surface area contributed by atoms with E-state index in [0.717, 1.165) is 55.3 Å². The highest BCUT2D eigenvalue weighted by molar-refractivity contribution is 5.79. The molecule has 148 valence electrons. The maximum atomic E-state index is 12.2. The van der Waals surface area contributed by atoms with Crippen LogP contribution in [0.25, 0.3) is 0 Å². The number of Topliss-reactive ketones (excluding diaryl/α,β-unsaturated/α-hetero) is 1. The third kappa shape index (κ3) is 2.99. The zero-order valence-electron chi connectivity index (χ0n) is 17.3. The minimum absolute atomic E-state index is 0.288. The molecule has 1 N–H and O–H groups in total. The van der Waals surface area contributed by atoms with E-state index in [-0.39, 0.29) is 11.0 Å². The van der Waals surface area contributed by atoms with Gasteiger partial charge in [-0.3, -0.25) is 4.79 Å². The van der Waals surface area contributed by atoms with Crippen molar-refractivity contribution in [3.05, 3.63) is 0 Å². The molecule has 2 heteroatoms. The van der Waals surface area contributed by atoms with Crippen LogP contribution in [0.5, 0.6) is 0 Å². The number of unbranched alkanes of at least 4 members (excludes halogenated alkanes) is 1. The molecule has 0 bridgehead atoms. The zero-order valence-corrected chi connectivity index (χ0v) is 17.3. The van der Waals surface area contributed by atoms with Crippen molar-refractivity contribution in [3.63, 3.8) is 0 Å². The summed E-state index contributed by atoms with van der Waals surface area (Å²) < 4.78 is 0. The van der Waals surface area contributed by atoms with Crippen LogP contribution in [0.1, 0.15) is 97.8 Å². The Kier molecular flexibility index (Phi) is 5.04.